The Labute approximate surface area is 206 Å². The van der Waals surface area contributed by atoms with Crippen molar-refractivity contribution in [3.63, 3.8) is 0 Å². The molecular weight excluding hydrogens is 438 g/mol. The van der Waals surface area contributed by atoms with Crippen LogP contribution in [0.25, 0.3) is 22.2 Å². The number of carbonyl (C=O) groups excluding carboxylic acids is 1. The zero-order valence-electron chi connectivity index (χ0n) is 22.3. The highest BCUT2D eigenvalue weighted by molar-refractivity contribution is 6.82. The fourth-order valence-electron chi connectivity index (χ4n) is 5.49. The van der Waals surface area contributed by atoms with Crippen molar-refractivity contribution in [1.29, 1.82) is 0 Å². The summed E-state index contributed by atoms with van der Waals surface area (Å²) in [5, 5.41) is 0.935. The molecule has 0 fully saturated rings. The van der Waals surface area contributed by atoms with Gasteiger partial charge in [0.2, 0.25) is 0 Å². The van der Waals surface area contributed by atoms with E-state index in [1.165, 1.54) is 0 Å². The van der Waals surface area contributed by atoms with Crippen molar-refractivity contribution in [2.24, 2.45) is 0 Å². The zero-order chi connectivity index (χ0) is 25.2. The topological polar surface area (TPSA) is 47.4 Å². The largest absolute Gasteiger partial charge is 0.446 e. The first-order valence-electron chi connectivity index (χ1n) is 12.5. The Hall–Kier alpha value is -2.44. The molecule has 0 amide bonds. The zero-order valence-corrected chi connectivity index (χ0v) is 23.3. The minimum absolute atomic E-state index is 0.274. The van der Waals surface area contributed by atoms with E-state index in [4.69, 9.17) is 9.72 Å². The maximum atomic E-state index is 12.5. The molecule has 6 heteroatoms. The molecule has 0 radical (unpaired) electrons. The average molecular weight is 480 g/mol. The maximum absolute atomic E-state index is 12.5. The van der Waals surface area contributed by atoms with Gasteiger partial charge in [0.15, 0.2) is 8.24 Å². The molecule has 3 aromatic rings. The van der Waals surface area contributed by atoms with Gasteiger partial charge in [-0.25, -0.2) is 9.78 Å². The van der Waals surface area contributed by atoms with E-state index in [0.29, 0.717) is 28.2 Å². The Bertz CT molecular complexity index is 1110. The molecule has 0 spiro atoms. The van der Waals surface area contributed by atoms with Gasteiger partial charge in [-0.3, -0.25) is 4.90 Å². The van der Waals surface area contributed by atoms with Gasteiger partial charge in [-0.1, -0.05) is 47.6 Å². The Morgan fingerprint density at radius 1 is 0.971 bits per heavy atom. The molecule has 0 N–H and O–H groups in total. The van der Waals surface area contributed by atoms with Crippen LogP contribution in [0.4, 0.5) is 0 Å². The number of hydrogen-bond donors (Lipinski definition) is 0. The molecule has 0 atom stereocenters. The van der Waals surface area contributed by atoms with Gasteiger partial charge in [-0.15, -0.1) is 0 Å². The van der Waals surface area contributed by atoms with Crippen LogP contribution >= 0.6 is 0 Å². The van der Waals surface area contributed by atoms with Crippen LogP contribution in [0.15, 0.2) is 48.8 Å². The fourth-order valence-corrected chi connectivity index (χ4v) is 12.0. The predicted octanol–water partition coefficient (Wildman–Crippen LogP) is 7.18. The maximum Gasteiger partial charge on any atom is 0.339 e. The summed E-state index contributed by atoms with van der Waals surface area (Å²) in [5.74, 6) is -0.312. The van der Waals surface area contributed by atoms with Gasteiger partial charge in [-0.2, -0.15) is 0 Å². The van der Waals surface area contributed by atoms with Gasteiger partial charge in [0.1, 0.15) is 6.73 Å². The number of esters is 1. The second kappa shape index (κ2) is 10.4. The van der Waals surface area contributed by atoms with Crippen molar-refractivity contribution in [3.05, 3.63) is 54.4 Å². The van der Waals surface area contributed by atoms with Crippen LogP contribution in [0.2, 0.25) is 16.6 Å². The van der Waals surface area contributed by atoms with Crippen LogP contribution in [-0.2, 0) is 4.74 Å². The number of rotatable bonds is 9. The Morgan fingerprint density at radius 3 is 2.21 bits per heavy atom. The molecule has 0 bridgehead atoms. The lowest BCUT2D eigenvalue weighted by atomic mass is 10.1. The molecule has 3 rings (SSSR count). The predicted molar refractivity (Wildman–Crippen MR) is 145 cm³/mol. The Balaban J connectivity index is 1.88. The standard InChI is InChI=1S/C28H41N3O2Si/c1-19(2)30(9)18-33-28(32)24-11-13-26-23(16-24)10-12-27(29-26)25-14-15-31(17-25)34(20(3)4,21(5)6)22(7)8/h10-17,19-22H,18H2,1-9H3. The van der Waals surface area contributed by atoms with Gasteiger partial charge in [0.25, 0.3) is 0 Å². The van der Waals surface area contributed by atoms with E-state index >= 15 is 0 Å². The van der Waals surface area contributed by atoms with E-state index in [1.807, 2.05) is 36.2 Å². The minimum Gasteiger partial charge on any atom is -0.446 e. The summed E-state index contributed by atoms with van der Waals surface area (Å²) in [6, 6.07) is 12.2. The summed E-state index contributed by atoms with van der Waals surface area (Å²) in [4.78, 5) is 19.4. The molecule has 2 aromatic heterocycles. The minimum atomic E-state index is -1.78. The number of benzene rings is 1. The third-order valence-electron chi connectivity index (χ3n) is 7.42. The Morgan fingerprint density at radius 2 is 1.62 bits per heavy atom. The highest BCUT2D eigenvalue weighted by atomic mass is 28.3. The molecule has 0 saturated heterocycles. The summed E-state index contributed by atoms with van der Waals surface area (Å²) < 4.78 is 8.00. The van der Waals surface area contributed by atoms with Crippen LogP contribution in [0, 0.1) is 0 Å². The highest BCUT2D eigenvalue weighted by Crippen LogP contribution is 2.43. The van der Waals surface area contributed by atoms with Crippen LogP contribution in [0.5, 0.6) is 0 Å². The summed E-state index contributed by atoms with van der Waals surface area (Å²) >= 11 is 0. The second-order valence-electron chi connectivity index (χ2n) is 10.7. The van der Waals surface area contributed by atoms with E-state index in [1.54, 1.807) is 6.07 Å². The van der Waals surface area contributed by atoms with Crippen molar-refractivity contribution in [3.8, 4) is 11.3 Å². The summed E-state index contributed by atoms with van der Waals surface area (Å²) in [5.41, 5.74) is 5.43. The van der Waals surface area contributed by atoms with Gasteiger partial charge < -0.3 is 8.97 Å². The quantitative estimate of drug-likeness (QED) is 0.185. The number of hydrogen-bond acceptors (Lipinski definition) is 4. The van der Waals surface area contributed by atoms with E-state index in [9.17, 15) is 4.79 Å². The van der Waals surface area contributed by atoms with E-state index in [-0.39, 0.29) is 12.7 Å². The molecule has 1 aromatic carbocycles. The molecule has 34 heavy (non-hydrogen) atoms. The summed E-state index contributed by atoms with van der Waals surface area (Å²) in [7, 11) is 0.159. The van der Waals surface area contributed by atoms with Crippen molar-refractivity contribution < 1.29 is 9.53 Å². The van der Waals surface area contributed by atoms with Crippen LogP contribution in [0.1, 0.15) is 65.7 Å². The van der Waals surface area contributed by atoms with Gasteiger partial charge in [0.05, 0.1) is 16.8 Å². The number of aromatic nitrogens is 2. The average Bonchev–Trinajstić information content (AvgIpc) is 3.26. The van der Waals surface area contributed by atoms with Gasteiger partial charge in [-0.05, 0) is 74.0 Å². The normalized spacial score (nSPS) is 12.6. The molecule has 0 saturated carbocycles. The van der Waals surface area contributed by atoms with Crippen molar-refractivity contribution >= 4 is 25.1 Å². The molecule has 0 aliphatic rings. The number of fused-ring (bicyclic) bond motifs is 1. The highest BCUT2D eigenvalue weighted by Gasteiger charge is 2.44. The molecule has 2 heterocycles. The number of carbonyl (C=O) groups is 1. The summed E-state index contributed by atoms with van der Waals surface area (Å²) in [6.45, 7) is 18.7. The molecule has 0 unspecified atom stereocenters. The van der Waals surface area contributed by atoms with E-state index in [2.05, 4.69) is 78.1 Å². The van der Waals surface area contributed by atoms with Crippen LogP contribution in [-0.4, -0.2) is 48.1 Å². The molecule has 0 aliphatic heterocycles. The fraction of sp³-hybridized carbons (Fsp3) is 0.500. The van der Waals surface area contributed by atoms with E-state index < -0.39 is 8.24 Å². The SMILES string of the molecule is CC(C)N(C)COC(=O)c1ccc2nc(-c3ccn([Si](C(C)C)(C(C)C)C(C)C)c3)ccc2c1. The number of nitrogens with zero attached hydrogens (tertiary/aromatic N) is 3. The molecular formula is C28H41N3O2Si. The van der Waals surface area contributed by atoms with Gasteiger partial charge in [0, 0.05) is 23.2 Å². The first-order chi connectivity index (χ1) is 16.0. The lowest BCUT2D eigenvalue weighted by Crippen LogP contribution is -2.51. The number of pyridine rings is 1. The van der Waals surface area contributed by atoms with Crippen molar-refractivity contribution in [1.82, 2.24) is 14.1 Å². The molecule has 0 aliphatic carbocycles. The third kappa shape index (κ3) is 4.98. The smallest absolute Gasteiger partial charge is 0.339 e. The van der Waals surface area contributed by atoms with Crippen LogP contribution < -0.4 is 0 Å². The molecule has 184 valence electrons. The summed E-state index contributed by atoms with van der Waals surface area (Å²) in [6.07, 6.45) is 4.57. The van der Waals surface area contributed by atoms with Gasteiger partial charge >= 0.3 is 5.97 Å². The first kappa shape index (κ1) is 26.2. The Kier molecular flexibility index (Phi) is 8.04. The van der Waals surface area contributed by atoms with Crippen molar-refractivity contribution in [2.75, 3.05) is 13.8 Å². The number of ether oxygens (including phenoxy) is 1. The molecule has 5 nitrogen and oxygen atoms in total. The first-order valence-corrected chi connectivity index (χ1v) is 14.6. The van der Waals surface area contributed by atoms with Crippen LogP contribution in [0.3, 0.4) is 0 Å². The third-order valence-corrected chi connectivity index (χ3v) is 14.1. The lowest BCUT2D eigenvalue weighted by molar-refractivity contribution is 0.0214. The van der Waals surface area contributed by atoms with Crippen molar-refractivity contribution in [2.45, 2.75) is 78.1 Å². The second-order valence-corrected chi connectivity index (χ2v) is 16.4. The monoisotopic (exact) mass is 479 g/mol. The van der Waals surface area contributed by atoms with E-state index in [0.717, 1.165) is 22.2 Å². The lowest BCUT2D eigenvalue weighted by Gasteiger charge is -2.44.